The molecular formula is C9H15N5. The third-order valence-electron chi connectivity index (χ3n) is 3.46. The lowest BCUT2D eigenvalue weighted by Gasteiger charge is -2.35. The zero-order valence-corrected chi connectivity index (χ0v) is 8.03. The molecule has 4 N–H and O–H groups in total. The highest BCUT2D eigenvalue weighted by Crippen LogP contribution is 2.39. The molecule has 3 rings (SSSR count). The van der Waals surface area contributed by atoms with Crippen LogP contribution in [-0.2, 0) is 0 Å². The van der Waals surface area contributed by atoms with E-state index in [1.807, 2.05) is 6.20 Å². The van der Waals surface area contributed by atoms with Crippen LogP contribution < -0.4 is 11.1 Å². The number of nitrogens with two attached hydrogens (primary N) is 1. The van der Waals surface area contributed by atoms with Gasteiger partial charge in [-0.15, -0.1) is 5.10 Å². The highest BCUT2D eigenvalue weighted by atomic mass is 15.3. The Morgan fingerprint density at radius 3 is 3.21 bits per heavy atom. The first-order valence-corrected chi connectivity index (χ1v) is 5.18. The average Bonchev–Trinajstić information content (AvgIpc) is 2.74. The van der Waals surface area contributed by atoms with Crippen molar-refractivity contribution in [3.05, 3.63) is 11.9 Å². The third kappa shape index (κ3) is 1.24. The number of aromatic nitrogens is 3. The number of piperidine rings is 1. The number of rotatable bonds is 1. The second-order valence-electron chi connectivity index (χ2n) is 4.57. The summed E-state index contributed by atoms with van der Waals surface area (Å²) < 4.78 is 0. The minimum atomic E-state index is -0.146. The van der Waals surface area contributed by atoms with Gasteiger partial charge in [-0.3, -0.25) is 10.4 Å². The third-order valence-corrected chi connectivity index (χ3v) is 3.46. The maximum atomic E-state index is 6.23. The maximum absolute atomic E-state index is 6.23. The lowest BCUT2D eigenvalue weighted by Crippen LogP contribution is -2.55. The molecule has 0 spiro atoms. The monoisotopic (exact) mass is 193 g/mol. The van der Waals surface area contributed by atoms with Crippen LogP contribution in [0.25, 0.3) is 0 Å². The summed E-state index contributed by atoms with van der Waals surface area (Å²) in [5, 5.41) is 14.1. The maximum Gasteiger partial charge on any atom is 0.0857 e. The smallest absolute Gasteiger partial charge is 0.0857 e. The molecule has 2 bridgehead atoms. The molecule has 2 aliphatic heterocycles. The second kappa shape index (κ2) is 2.77. The van der Waals surface area contributed by atoms with Crippen molar-refractivity contribution in [3.8, 4) is 0 Å². The summed E-state index contributed by atoms with van der Waals surface area (Å²) in [4.78, 5) is 0. The summed E-state index contributed by atoms with van der Waals surface area (Å²) >= 11 is 0. The van der Waals surface area contributed by atoms with Gasteiger partial charge in [-0.1, -0.05) is 5.21 Å². The fourth-order valence-corrected chi connectivity index (χ4v) is 2.82. The number of hydrogen-bond donors (Lipinski definition) is 3. The quantitative estimate of drug-likeness (QED) is 0.590. The number of nitrogens with one attached hydrogen (secondary N) is 2. The molecule has 76 valence electrons. The van der Waals surface area contributed by atoms with Crippen molar-refractivity contribution in [1.29, 1.82) is 0 Å². The van der Waals surface area contributed by atoms with Crippen molar-refractivity contribution in [2.45, 2.75) is 43.3 Å². The first-order valence-electron chi connectivity index (χ1n) is 5.18. The van der Waals surface area contributed by atoms with Crippen molar-refractivity contribution < 1.29 is 0 Å². The number of fused-ring (bicyclic) bond motifs is 2. The largest absolute Gasteiger partial charge is 0.313 e. The Hall–Kier alpha value is -0.940. The molecule has 5 nitrogen and oxygen atoms in total. The Labute approximate surface area is 82.4 Å². The molecule has 2 aliphatic rings. The number of hydrogen-bond acceptors (Lipinski definition) is 4. The van der Waals surface area contributed by atoms with E-state index in [2.05, 4.69) is 20.7 Å². The molecule has 1 aromatic rings. The second-order valence-corrected chi connectivity index (χ2v) is 4.57. The van der Waals surface area contributed by atoms with Gasteiger partial charge in [0.25, 0.3) is 0 Å². The molecule has 0 aliphatic carbocycles. The van der Waals surface area contributed by atoms with E-state index in [0.29, 0.717) is 12.0 Å². The molecule has 5 heteroatoms. The van der Waals surface area contributed by atoms with Crippen LogP contribution in [0, 0.1) is 0 Å². The SMILES string of the molecule is NC12CCC(CC(c3c[nH]nn3)C1)N2. The van der Waals surface area contributed by atoms with E-state index in [1.54, 1.807) is 0 Å². The fraction of sp³-hybridized carbons (Fsp3) is 0.778. The van der Waals surface area contributed by atoms with Crippen LogP contribution in [0.15, 0.2) is 6.20 Å². The lowest BCUT2D eigenvalue weighted by molar-refractivity contribution is 0.254. The molecular weight excluding hydrogens is 178 g/mol. The van der Waals surface area contributed by atoms with Gasteiger partial charge in [-0.2, -0.15) is 0 Å². The zero-order valence-electron chi connectivity index (χ0n) is 8.03. The summed E-state index contributed by atoms with van der Waals surface area (Å²) in [6, 6.07) is 0.579. The Bertz CT molecular complexity index is 322. The van der Waals surface area contributed by atoms with Crippen molar-refractivity contribution in [3.63, 3.8) is 0 Å². The Morgan fingerprint density at radius 1 is 1.57 bits per heavy atom. The normalized spacial score (nSPS) is 41.5. The molecule has 14 heavy (non-hydrogen) atoms. The number of H-pyrrole nitrogens is 1. The molecule has 3 unspecified atom stereocenters. The highest BCUT2D eigenvalue weighted by molar-refractivity contribution is 5.11. The van der Waals surface area contributed by atoms with Crippen LogP contribution in [0.2, 0.25) is 0 Å². The van der Waals surface area contributed by atoms with Crippen molar-refractivity contribution in [2.75, 3.05) is 0 Å². The average molecular weight is 193 g/mol. The zero-order chi connectivity index (χ0) is 9.60. The summed E-state index contributed by atoms with van der Waals surface area (Å²) in [7, 11) is 0. The van der Waals surface area contributed by atoms with Crippen LogP contribution >= 0.6 is 0 Å². The first-order chi connectivity index (χ1) is 6.75. The molecule has 3 atom stereocenters. The van der Waals surface area contributed by atoms with Gasteiger partial charge in [0.1, 0.15) is 0 Å². The van der Waals surface area contributed by atoms with Crippen molar-refractivity contribution in [2.24, 2.45) is 5.73 Å². The van der Waals surface area contributed by atoms with Crippen LogP contribution in [0.3, 0.4) is 0 Å². The van der Waals surface area contributed by atoms with Gasteiger partial charge in [-0.05, 0) is 25.7 Å². The minimum absolute atomic E-state index is 0.146. The molecule has 0 radical (unpaired) electrons. The number of nitrogens with zero attached hydrogens (tertiary/aromatic N) is 2. The minimum Gasteiger partial charge on any atom is -0.313 e. The van der Waals surface area contributed by atoms with Gasteiger partial charge in [-0.25, -0.2) is 0 Å². The summed E-state index contributed by atoms with van der Waals surface area (Å²) in [6.07, 6.45) is 6.30. The standard InChI is InChI=1S/C9H15N5/c10-9-2-1-7(12-9)3-6(4-9)8-5-11-14-13-8/h5-7,12H,1-4,10H2,(H,11,13,14). The van der Waals surface area contributed by atoms with E-state index in [9.17, 15) is 0 Å². The summed E-state index contributed by atoms with van der Waals surface area (Å²) in [5.74, 6) is 0.479. The van der Waals surface area contributed by atoms with E-state index < -0.39 is 0 Å². The summed E-state index contributed by atoms with van der Waals surface area (Å²) in [6.45, 7) is 0. The molecule has 2 saturated heterocycles. The van der Waals surface area contributed by atoms with Gasteiger partial charge >= 0.3 is 0 Å². The van der Waals surface area contributed by atoms with Gasteiger partial charge in [0.15, 0.2) is 0 Å². The van der Waals surface area contributed by atoms with Crippen molar-refractivity contribution >= 4 is 0 Å². The number of aromatic amines is 1. The van der Waals surface area contributed by atoms with E-state index >= 15 is 0 Å². The van der Waals surface area contributed by atoms with E-state index in [-0.39, 0.29) is 5.66 Å². The van der Waals surface area contributed by atoms with Crippen LogP contribution in [0.4, 0.5) is 0 Å². The molecule has 2 fully saturated rings. The van der Waals surface area contributed by atoms with Crippen LogP contribution in [0.1, 0.15) is 37.3 Å². The van der Waals surface area contributed by atoms with E-state index in [1.165, 1.54) is 6.42 Å². The van der Waals surface area contributed by atoms with E-state index in [0.717, 1.165) is 25.0 Å². The molecule has 0 aromatic carbocycles. The van der Waals surface area contributed by atoms with Crippen molar-refractivity contribution in [1.82, 2.24) is 20.7 Å². The Balaban J connectivity index is 1.84. The first kappa shape index (κ1) is 8.38. The van der Waals surface area contributed by atoms with Gasteiger partial charge < -0.3 is 5.73 Å². The molecule has 3 heterocycles. The lowest BCUT2D eigenvalue weighted by atomic mass is 9.87. The predicted octanol–water partition coefficient (Wildman–Crippen LogP) is 0.0891. The van der Waals surface area contributed by atoms with Gasteiger partial charge in [0, 0.05) is 18.2 Å². The highest BCUT2D eigenvalue weighted by Gasteiger charge is 2.43. The van der Waals surface area contributed by atoms with Crippen LogP contribution in [-0.4, -0.2) is 27.1 Å². The predicted molar refractivity (Wildman–Crippen MR) is 51.4 cm³/mol. The molecule has 0 saturated carbocycles. The Morgan fingerprint density at radius 2 is 2.50 bits per heavy atom. The van der Waals surface area contributed by atoms with E-state index in [4.69, 9.17) is 5.73 Å². The summed E-state index contributed by atoms with van der Waals surface area (Å²) in [5.41, 5.74) is 7.14. The topological polar surface area (TPSA) is 79.6 Å². The van der Waals surface area contributed by atoms with Gasteiger partial charge in [0.05, 0.1) is 11.4 Å². The Kier molecular flexibility index (Phi) is 1.66. The fourth-order valence-electron chi connectivity index (χ4n) is 2.82. The molecule has 0 amide bonds. The van der Waals surface area contributed by atoms with Crippen LogP contribution in [0.5, 0.6) is 0 Å². The molecule has 1 aromatic heterocycles. The van der Waals surface area contributed by atoms with Gasteiger partial charge in [0.2, 0.25) is 0 Å².